The third kappa shape index (κ3) is 5.20. The number of hydrogen-bond donors (Lipinski definition) is 1. The van der Waals surface area contributed by atoms with Gasteiger partial charge in [0.2, 0.25) is 10.0 Å². The Balaban J connectivity index is 1.39. The number of sulfonamides is 1. The fourth-order valence-electron chi connectivity index (χ4n) is 4.05. The predicted molar refractivity (Wildman–Crippen MR) is 125 cm³/mol. The van der Waals surface area contributed by atoms with Crippen molar-refractivity contribution in [3.8, 4) is 11.5 Å². The Bertz CT molecular complexity index is 1100. The van der Waals surface area contributed by atoms with Gasteiger partial charge in [-0.05, 0) is 48.6 Å². The zero-order valence-corrected chi connectivity index (χ0v) is 20.2. The lowest BCUT2D eigenvalue weighted by Gasteiger charge is -2.35. The first-order valence-electron chi connectivity index (χ1n) is 10.9. The second-order valence-corrected chi connectivity index (χ2v) is 10.6. The van der Waals surface area contributed by atoms with E-state index in [1.54, 1.807) is 11.0 Å². The van der Waals surface area contributed by atoms with Crippen LogP contribution in [0, 0.1) is 5.92 Å². The second kappa shape index (κ2) is 9.79. The summed E-state index contributed by atoms with van der Waals surface area (Å²) in [4.78, 5) is 14.8. The van der Waals surface area contributed by atoms with Crippen LogP contribution in [0.3, 0.4) is 0 Å². The van der Waals surface area contributed by atoms with E-state index in [1.165, 1.54) is 30.7 Å². The zero-order chi connectivity index (χ0) is 23.6. The molecule has 33 heavy (non-hydrogen) atoms. The molecule has 0 unspecified atom stereocenters. The molecule has 0 bridgehead atoms. The first kappa shape index (κ1) is 23.7. The molecule has 1 atom stereocenters. The van der Waals surface area contributed by atoms with E-state index in [4.69, 9.17) is 21.1 Å². The van der Waals surface area contributed by atoms with Gasteiger partial charge in [-0.1, -0.05) is 23.7 Å². The fraction of sp³-hybridized carbons (Fsp3) is 0.435. The maximum atomic E-state index is 13.1. The van der Waals surface area contributed by atoms with Gasteiger partial charge in [-0.2, -0.15) is 4.31 Å². The molecule has 1 saturated heterocycles. The lowest BCUT2D eigenvalue weighted by Crippen LogP contribution is -2.53. The highest BCUT2D eigenvalue weighted by atomic mass is 35.5. The average Bonchev–Trinajstić information content (AvgIpc) is 3.68. The first-order valence-corrected chi connectivity index (χ1v) is 12.7. The second-order valence-electron chi connectivity index (χ2n) is 8.22. The van der Waals surface area contributed by atoms with Gasteiger partial charge in [0.1, 0.15) is 0 Å². The van der Waals surface area contributed by atoms with Crippen molar-refractivity contribution in [2.75, 3.05) is 40.4 Å². The minimum Gasteiger partial charge on any atom is -0.493 e. The molecule has 10 heteroatoms. The smallest absolute Gasteiger partial charge is 0.317 e. The van der Waals surface area contributed by atoms with Crippen LogP contribution in [0.5, 0.6) is 11.5 Å². The van der Waals surface area contributed by atoms with Crippen LogP contribution in [-0.2, 0) is 10.0 Å². The van der Waals surface area contributed by atoms with Crippen molar-refractivity contribution < 1.29 is 22.7 Å². The van der Waals surface area contributed by atoms with Crippen LogP contribution >= 0.6 is 11.6 Å². The van der Waals surface area contributed by atoms with Gasteiger partial charge in [-0.25, -0.2) is 13.2 Å². The molecule has 178 valence electrons. The maximum Gasteiger partial charge on any atom is 0.317 e. The number of hydrogen-bond acceptors (Lipinski definition) is 5. The SMILES string of the molecule is COc1ccc(S(=O)(=O)N2CCN(C(=O)N[C@@H](c3ccc(Cl)cc3)C3CC3)CC2)cc1OC. The van der Waals surface area contributed by atoms with E-state index in [9.17, 15) is 13.2 Å². The Hall–Kier alpha value is -2.49. The molecule has 2 aromatic rings. The van der Waals surface area contributed by atoms with Crippen molar-refractivity contribution in [3.63, 3.8) is 0 Å². The highest BCUT2D eigenvalue weighted by Gasteiger charge is 2.36. The maximum absolute atomic E-state index is 13.1. The monoisotopic (exact) mass is 493 g/mol. The standard InChI is InChI=1S/C23H28ClN3O5S/c1-31-20-10-9-19(15-21(20)32-2)33(29,30)27-13-11-26(12-14-27)23(28)25-22(16-3-4-16)17-5-7-18(24)8-6-17/h5-10,15-16,22H,3-4,11-14H2,1-2H3,(H,25,28)/t22-/m1/s1. The molecule has 1 aliphatic heterocycles. The molecule has 4 rings (SSSR count). The van der Waals surface area contributed by atoms with Crippen LogP contribution < -0.4 is 14.8 Å². The minimum absolute atomic E-state index is 0.0664. The van der Waals surface area contributed by atoms with Gasteiger partial charge >= 0.3 is 6.03 Å². The summed E-state index contributed by atoms with van der Waals surface area (Å²) in [6.45, 7) is 1.07. The number of nitrogens with zero attached hydrogens (tertiary/aromatic N) is 2. The normalized spacial score (nSPS) is 18.0. The fourth-order valence-corrected chi connectivity index (χ4v) is 5.62. The summed E-state index contributed by atoms with van der Waals surface area (Å²) < 4.78 is 38.1. The Morgan fingerprint density at radius 2 is 1.64 bits per heavy atom. The van der Waals surface area contributed by atoms with E-state index in [1.807, 2.05) is 24.3 Å². The Kier molecular flexibility index (Phi) is 7.02. The summed E-state index contributed by atoms with van der Waals surface area (Å²) in [6.07, 6.45) is 2.15. The predicted octanol–water partition coefficient (Wildman–Crippen LogP) is 3.52. The third-order valence-corrected chi connectivity index (χ3v) is 8.27. The van der Waals surface area contributed by atoms with Gasteiger partial charge in [-0.15, -0.1) is 0 Å². The summed E-state index contributed by atoms with van der Waals surface area (Å²) in [5, 5.41) is 3.80. The van der Waals surface area contributed by atoms with E-state index < -0.39 is 10.0 Å². The van der Waals surface area contributed by atoms with Crippen molar-refractivity contribution in [1.82, 2.24) is 14.5 Å². The van der Waals surface area contributed by atoms with Crippen molar-refractivity contribution >= 4 is 27.7 Å². The van der Waals surface area contributed by atoms with Crippen LogP contribution in [0.2, 0.25) is 5.02 Å². The van der Waals surface area contributed by atoms with E-state index in [0.29, 0.717) is 35.5 Å². The lowest BCUT2D eigenvalue weighted by atomic mass is 10.0. The van der Waals surface area contributed by atoms with E-state index in [-0.39, 0.29) is 30.1 Å². The number of amides is 2. The summed E-state index contributed by atoms with van der Waals surface area (Å²) >= 11 is 6.00. The molecule has 1 N–H and O–H groups in total. The quantitative estimate of drug-likeness (QED) is 0.637. The summed E-state index contributed by atoms with van der Waals surface area (Å²) in [5.41, 5.74) is 1.03. The van der Waals surface area contributed by atoms with Crippen molar-refractivity contribution in [2.45, 2.75) is 23.8 Å². The van der Waals surface area contributed by atoms with E-state index >= 15 is 0 Å². The highest BCUT2D eigenvalue weighted by Crippen LogP contribution is 2.41. The molecule has 0 radical (unpaired) electrons. The number of carbonyl (C=O) groups excluding carboxylic acids is 1. The van der Waals surface area contributed by atoms with E-state index in [0.717, 1.165) is 18.4 Å². The molecule has 0 spiro atoms. The van der Waals surface area contributed by atoms with Gasteiger partial charge in [0.15, 0.2) is 11.5 Å². The number of ether oxygens (including phenoxy) is 2. The van der Waals surface area contributed by atoms with Crippen molar-refractivity contribution in [3.05, 3.63) is 53.1 Å². The number of piperazine rings is 1. The van der Waals surface area contributed by atoms with Gasteiger partial charge in [-0.3, -0.25) is 0 Å². The first-order chi connectivity index (χ1) is 15.8. The summed E-state index contributed by atoms with van der Waals surface area (Å²) in [5.74, 6) is 1.23. The molecule has 1 aliphatic carbocycles. The van der Waals surface area contributed by atoms with Crippen LogP contribution in [-0.4, -0.2) is 64.1 Å². The van der Waals surface area contributed by atoms with Gasteiger partial charge < -0.3 is 19.7 Å². The average molecular weight is 494 g/mol. The number of carbonyl (C=O) groups is 1. The number of rotatable bonds is 7. The molecule has 1 saturated carbocycles. The Morgan fingerprint density at radius 1 is 1.00 bits per heavy atom. The van der Waals surface area contributed by atoms with Gasteiger partial charge in [0.05, 0.1) is 25.2 Å². The molecule has 2 aromatic carbocycles. The van der Waals surface area contributed by atoms with Crippen molar-refractivity contribution in [2.24, 2.45) is 5.92 Å². The van der Waals surface area contributed by atoms with Crippen LogP contribution in [0.4, 0.5) is 4.79 Å². The molecule has 1 heterocycles. The molecule has 0 aromatic heterocycles. The molecule has 2 aliphatic rings. The summed E-state index contributed by atoms with van der Waals surface area (Å²) in [7, 11) is -0.755. The van der Waals surface area contributed by atoms with Crippen LogP contribution in [0.15, 0.2) is 47.4 Å². The minimum atomic E-state index is -3.72. The van der Waals surface area contributed by atoms with Crippen LogP contribution in [0.25, 0.3) is 0 Å². The van der Waals surface area contributed by atoms with Crippen LogP contribution in [0.1, 0.15) is 24.4 Å². The molecule has 8 nitrogen and oxygen atoms in total. The molecule has 2 fully saturated rings. The van der Waals surface area contributed by atoms with Gasteiger partial charge in [0.25, 0.3) is 0 Å². The number of benzene rings is 2. The lowest BCUT2D eigenvalue weighted by molar-refractivity contribution is 0.167. The number of halogens is 1. The number of methoxy groups -OCH3 is 2. The molecular weight excluding hydrogens is 466 g/mol. The molecular formula is C23H28ClN3O5S. The highest BCUT2D eigenvalue weighted by molar-refractivity contribution is 7.89. The Morgan fingerprint density at radius 3 is 2.21 bits per heavy atom. The third-order valence-electron chi connectivity index (χ3n) is 6.12. The number of nitrogens with one attached hydrogen (secondary N) is 1. The number of urea groups is 1. The van der Waals surface area contributed by atoms with E-state index in [2.05, 4.69) is 5.32 Å². The van der Waals surface area contributed by atoms with Gasteiger partial charge in [0, 0.05) is 37.3 Å². The van der Waals surface area contributed by atoms with Crippen molar-refractivity contribution in [1.29, 1.82) is 0 Å². The molecule has 2 amide bonds. The largest absolute Gasteiger partial charge is 0.493 e. The Labute approximate surface area is 199 Å². The summed E-state index contributed by atoms with van der Waals surface area (Å²) in [6, 6.07) is 11.8. The topological polar surface area (TPSA) is 88.2 Å². The zero-order valence-electron chi connectivity index (χ0n) is 18.7.